The zero-order valence-electron chi connectivity index (χ0n) is 27.3. The molecule has 50 heavy (non-hydrogen) atoms. The molecule has 1 aliphatic rings. The number of ether oxygens (including phenoxy) is 3. The van der Waals surface area contributed by atoms with Crippen LogP contribution in [-0.4, -0.2) is 39.2 Å². The highest BCUT2D eigenvalue weighted by Gasteiger charge is 2.22. The number of hydrogen-bond donors (Lipinski definition) is 3. The molecule has 0 saturated heterocycles. The highest BCUT2D eigenvalue weighted by atomic mass is 32.2. The lowest BCUT2D eigenvalue weighted by atomic mass is 9.95. The van der Waals surface area contributed by atoms with E-state index in [4.69, 9.17) is 14.2 Å². The van der Waals surface area contributed by atoms with E-state index in [0.717, 1.165) is 33.4 Å². The molecule has 260 valence electrons. The fourth-order valence-corrected chi connectivity index (χ4v) is 6.91. The number of aryl methyl sites for hydroxylation is 2. The SMILES string of the molecule is C.Cc1cc(-c2ccc(OCCNCC(O)c3ccc4cc3NS(=O)(=O)c3cccc(c3)CO4)cc2)cc(C)c1C(=O)OCc1ccccc1. The van der Waals surface area contributed by atoms with Gasteiger partial charge in [0.1, 0.15) is 31.3 Å². The molecule has 1 heterocycles. The Bertz CT molecular complexity index is 2030. The normalized spacial score (nSPS) is 13.5. The Morgan fingerprint density at radius 3 is 2.38 bits per heavy atom. The molecule has 0 amide bonds. The number of hydrogen-bond acceptors (Lipinski definition) is 8. The van der Waals surface area contributed by atoms with Gasteiger partial charge in [-0.1, -0.05) is 80.2 Å². The lowest BCUT2D eigenvalue weighted by molar-refractivity contribution is 0.0471. The summed E-state index contributed by atoms with van der Waals surface area (Å²) in [5.74, 6) is 0.850. The minimum absolute atomic E-state index is 0. The number of benzene rings is 5. The van der Waals surface area contributed by atoms with E-state index in [1.165, 1.54) is 6.07 Å². The Kier molecular flexibility index (Phi) is 11.6. The summed E-state index contributed by atoms with van der Waals surface area (Å²) < 4.78 is 46.0. The number of esters is 1. The highest BCUT2D eigenvalue weighted by molar-refractivity contribution is 7.92. The Morgan fingerprint density at radius 2 is 1.64 bits per heavy atom. The Hall–Kier alpha value is -5.16. The van der Waals surface area contributed by atoms with Gasteiger partial charge in [0.05, 0.1) is 22.3 Å². The molecule has 5 aromatic carbocycles. The van der Waals surface area contributed by atoms with Crippen molar-refractivity contribution in [3.63, 3.8) is 0 Å². The molecule has 5 aromatic rings. The third-order valence-corrected chi connectivity index (χ3v) is 9.63. The van der Waals surface area contributed by atoms with Gasteiger partial charge in [0.2, 0.25) is 0 Å². The van der Waals surface area contributed by atoms with Crippen LogP contribution >= 0.6 is 0 Å². The Morgan fingerprint density at radius 1 is 0.900 bits per heavy atom. The maximum atomic E-state index is 13.0. The molecule has 0 radical (unpaired) electrons. The molecular formula is C40H42N2O7S. The Balaban J connectivity index is 0.00000486. The molecule has 4 bridgehead atoms. The van der Waals surface area contributed by atoms with Gasteiger partial charge in [-0.3, -0.25) is 4.72 Å². The smallest absolute Gasteiger partial charge is 0.339 e. The van der Waals surface area contributed by atoms with Crippen LogP contribution in [0.25, 0.3) is 11.1 Å². The number of aliphatic hydroxyl groups excluding tert-OH is 1. The number of aliphatic hydroxyl groups is 1. The molecule has 0 aromatic heterocycles. The standard InChI is InChI=1S/C39H38N2O7S.CH4/c1-26-19-31(20-27(2)38(26)39(43)48-24-28-7-4-3-5-8-28)30-11-13-32(14-12-30)46-18-17-40-23-37(42)35-16-15-33-22-36(35)41-49(44,45)34-10-6-9-29(21-34)25-47-33;/h3-16,19-22,37,40-42H,17-18,23-25H2,1-2H3;1H4. The van der Waals surface area contributed by atoms with Crippen LogP contribution < -0.4 is 19.5 Å². The maximum Gasteiger partial charge on any atom is 0.339 e. The molecule has 10 heteroatoms. The molecule has 0 saturated carbocycles. The largest absolute Gasteiger partial charge is 0.492 e. The first-order valence-corrected chi connectivity index (χ1v) is 17.5. The van der Waals surface area contributed by atoms with Crippen LogP contribution in [0.2, 0.25) is 0 Å². The van der Waals surface area contributed by atoms with Gasteiger partial charge >= 0.3 is 5.97 Å². The van der Waals surface area contributed by atoms with Gasteiger partial charge in [-0.2, -0.15) is 0 Å². The van der Waals surface area contributed by atoms with Gasteiger partial charge in [0.25, 0.3) is 10.0 Å². The second-order valence-corrected chi connectivity index (χ2v) is 13.6. The van der Waals surface area contributed by atoms with Gasteiger partial charge < -0.3 is 24.6 Å². The van der Waals surface area contributed by atoms with Crippen LogP contribution in [0.1, 0.15) is 51.7 Å². The molecule has 0 aliphatic carbocycles. The average Bonchev–Trinajstić information content (AvgIpc) is 3.09. The predicted octanol–water partition coefficient (Wildman–Crippen LogP) is 7.36. The summed E-state index contributed by atoms with van der Waals surface area (Å²) in [6.07, 6.45) is -0.982. The first-order chi connectivity index (χ1) is 23.7. The molecule has 0 spiro atoms. The molecule has 0 fully saturated rings. The van der Waals surface area contributed by atoms with Crippen LogP contribution in [-0.2, 0) is 28.0 Å². The summed E-state index contributed by atoms with van der Waals surface area (Å²) >= 11 is 0. The van der Waals surface area contributed by atoms with Crippen molar-refractivity contribution in [3.05, 3.63) is 143 Å². The number of rotatable bonds is 11. The molecule has 1 atom stereocenters. The van der Waals surface area contributed by atoms with Gasteiger partial charge in [-0.15, -0.1) is 0 Å². The highest BCUT2D eigenvalue weighted by Crippen LogP contribution is 2.32. The topological polar surface area (TPSA) is 123 Å². The van der Waals surface area contributed by atoms with E-state index in [9.17, 15) is 18.3 Å². The van der Waals surface area contributed by atoms with Gasteiger partial charge in [0.15, 0.2) is 0 Å². The first kappa shape index (κ1) is 36.1. The van der Waals surface area contributed by atoms with Gasteiger partial charge in [-0.05, 0) is 77.6 Å². The monoisotopic (exact) mass is 694 g/mol. The van der Waals surface area contributed by atoms with E-state index >= 15 is 0 Å². The Labute approximate surface area is 293 Å². The lowest BCUT2D eigenvalue weighted by Gasteiger charge is -2.20. The minimum Gasteiger partial charge on any atom is -0.492 e. The molecule has 9 nitrogen and oxygen atoms in total. The molecule has 6 rings (SSSR count). The van der Waals surface area contributed by atoms with E-state index in [0.29, 0.717) is 35.8 Å². The second-order valence-electron chi connectivity index (χ2n) is 11.9. The van der Waals surface area contributed by atoms with Crippen molar-refractivity contribution in [1.82, 2.24) is 5.32 Å². The van der Waals surface area contributed by atoms with Gasteiger partial charge in [-0.25, -0.2) is 13.2 Å². The molecule has 3 N–H and O–H groups in total. The number of carbonyl (C=O) groups is 1. The van der Waals surface area contributed by atoms with Crippen LogP contribution in [0.4, 0.5) is 5.69 Å². The third-order valence-electron chi connectivity index (χ3n) is 8.26. The summed E-state index contributed by atoms with van der Waals surface area (Å²) in [7, 11) is -3.85. The number of sulfonamides is 1. The van der Waals surface area contributed by atoms with Crippen molar-refractivity contribution in [2.75, 3.05) is 24.4 Å². The van der Waals surface area contributed by atoms with E-state index in [1.807, 2.05) is 86.6 Å². The summed E-state index contributed by atoms with van der Waals surface area (Å²) in [6, 6.07) is 32.9. The molecular weight excluding hydrogens is 653 g/mol. The first-order valence-electron chi connectivity index (χ1n) is 16.0. The average molecular weight is 695 g/mol. The van der Waals surface area contributed by atoms with Crippen molar-refractivity contribution in [2.45, 2.75) is 45.5 Å². The zero-order chi connectivity index (χ0) is 34.4. The number of anilines is 1. The second kappa shape index (κ2) is 16.0. The maximum absolute atomic E-state index is 13.0. The van der Waals surface area contributed by atoms with Crippen molar-refractivity contribution < 1.29 is 32.5 Å². The number of fused-ring (bicyclic) bond motifs is 4. The van der Waals surface area contributed by atoms with E-state index in [-0.39, 0.29) is 43.7 Å². The fourth-order valence-electron chi connectivity index (χ4n) is 5.76. The van der Waals surface area contributed by atoms with Crippen molar-refractivity contribution in [1.29, 1.82) is 0 Å². The van der Waals surface area contributed by atoms with E-state index in [1.54, 1.807) is 30.3 Å². The molecule has 1 aliphatic heterocycles. The fraction of sp³-hybridized carbons (Fsp3) is 0.225. The minimum atomic E-state index is -3.85. The van der Waals surface area contributed by atoms with Crippen LogP contribution in [0, 0.1) is 13.8 Å². The molecule has 1 unspecified atom stereocenters. The van der Waals surface area contributed by atoms with Crippen LogP contribution in [0.15, 0.2) is 114 Å². The third kappa shape index (κ3) is 8.70. The van der Waals surface area contributed by atoms with Crippen molar-refractivity contribution in [2.24, 2.45) is 0 Å². The lowest BCUT2D eigenvalue weighted by Crippen LogP contribution is -2.27. The van der Waals surface area contributed by atoms with Crippen LogP contribution in [0.3, 0.4) is 0 Å². The zero-order valence-corrected chi connectivity index (χ0v) is 28.1. The summed E-state index contributed by atoms with van der Waals surface area (Å²) in [6.45, 7) is 5.27. The summed E-state index contributed by atoms with van der Waals surface area (Å²) in [5, 5.41) is 14.1. The van der Waals surface area contributed by atoms with Gasteiger partial charge in [0, 0.05) is 24.7 Å². The van der Waals surface area contributed by atoms with Crippen molar-refractivity contribution in [3.8, 4) is 22.6 Å². The van der Waals surface area contributed by atoms with E-state index in [2.05, 4.69) is 10.0 Å². The number of carbonyl (C=O) groups excluding carboxylic acids is 1. The van der Waals surface area contributed by atoms with Crippen molar-refractivity contribution >= 4 is 21.7 Å². The quantitative estimate of drug-likeness (QED) is 0.0969. The number of nitrogens with one attached hydrogen (secondary N) is 2. The predicted molar refractivity (Wildman–Crippen MR) is 195 cm³/mol. The van der Waals surface area contributed by atoms with Crippen LogP contribution in [0.5, 0.6) is 11.5 Å². The van der Waals surface area contributed by atoms with E-state index < -0.39 is 16.1 Å². The summed E-state index contributed by atoms with van der Waals surface area (Å²) in [5.41, 5.74) is 6.63. The summed E-state index contributed by atoms with van der Waals surface area (Å²) in [4.78, 5) is 13.0.